The first-order valence-electron chi connectivity index (χ1n) is 9.12. The van der Waals surface area contributed by atoms with Gasteiger partial charge in [0.2, 0.25) is 0 Å². The van der Waals surface area contributed by atoms with E-state index in [9.17, 15) is 4.79 Å². The molecule has 142 valence electrons. The van der Waals surface area contributed by atoms with Gasteiger partial charge in [0, 0.05) is 18.2 Å². The topological polar surface area (TPSA) is 71.3 Å². The zero-order valence-corrected chi connectivity index (χ0v) is 16.1. The second-order valence-corrected chi connectivity index (χ2v) is 6.65. The van der Waals surface area contributed by atoms with Crippen molar-refractivity contribution >= 4 is 11.6 Å². The van der Waals surface area contributed by atoms with Gasteiger partial charge in [-0.1, -0.05) is 32.0 Å². The minimum Gasteiger partial charge on any atom is -0.493 e. The number of nitrogens with zero attached hydrogens (tertiary/aromatic N) is 1. The van der Waals surface area contributed by atoms with Gasteiger partial charge in [-0.15, -0.1) is 0 Å². The summed E-state index contributed by atoms with van der Waals surface area (Å²) in [5.41, 5.74) is 2.83. The Morgan fingerprint density at radius 1 is 1.19 bits per heavy atom. The molecule has 1 amide bonds. The van der Waals surface area contributed by atoms with Crippen LogP contribution in [-0.2, 0) is 4.79 Å². The van der Waals surface area contributed by atoms with Crippen LogP contribution in [0.1, 0.15) is 43.7 Å². The second kappa shape index (κ2) is 10.2. The number of ether oxygens (including phenoxy) is 2. The molecule has 5 heteroatoms. The van der Waals surface area contributed by atoms with E-state index in [2.05, 4.69) is 31.3 Å². The number of aryl methyl sites for hydroxylation is 1. The molecule has 27 heavy (non-hydrogen) atoms. The van der Waals surface area contributed by atoms with Crippen molar-refractivity contribution < 1.29 is 14.3 Å². The van der Waals surface area contributed by atoms with Gasteiger partial charge in [0.15, 0.2) is 6.61 Å². The van der Waals surface area contributed by atoms with E-state index in [1.54, 1.807) is 12.1 Å². The molecule has 0 radical (unpaired) electrons. The summed E-state index contributed by atoms with van der Waals surface area (Å²) in [7, 11) is 0. The Hall–Kier alpha value is -3.00. The van der Waals surface area contributed by atoms with Gasteiger partial charge in [-0.2, -0.15) is 5.26 Å². The van der Waals surface area contributed by atoms with Crippen molar-refractivity contribution in [3.63, 3.8) is 0 Å². The number of benzene rings is 2. The van der Waals surface area contributed by atoms with E-state index in [0.29, 0.717) is 36.8 Å². The van der Waals surface area contributed by atoms with Crippen LogP contribution in [0.5, 0.6) is 11.5 Å². The molecule has 0 heterocycles. The van der Waals surface area contributed by atoms with Crippen LogP contribution < -0.4 is 14.8 Å². The Morgan fingerprint density at radius 2 is 2.00 bits per heavy atom. The Labute approximate surface area is 160 Å². The van der Waals surface area contributed by atoms with Gasteiger partial charge in [-0.3, -0.25) is 4.79 Å². The summed E-state index contributed by atoms with van der Waals surface area (Å²) in [6, 6.07) is 15.3. The predicted octanol–water partition coefficient (Wildman–Crippen LogP) is 4.82. The highest BCUT2D eigenvalue weighted by Gasteiger charge is 2.08. The maximum atomic E-state index is 12.2. The molecule has 0 aliphatic carbocycles. The number of hydrogen-bond acceptors (Lipinski definition) is 4. The SMILES string of the molecule is Cc1ccc(C(C)C)cc1OCC(=O)Nc1cccc(OCCCC#N)c1. The van der Waals surface area contributed by atoms with Crippen LogP contribution in [0.25, 0.3) is 0 Å². The lowest BCUT2D eigenvalue weighted by Gasteiger charge is -2.13. The van der Waals surface area contributed by atoms with E-state index in [4.69, 9.17) is 14.7 Å². The first-order chi connectivity index (χ1) is 13.0. The van der Waals surface area contributed by atoms with E-state index in [1.807, 2.05) is 31.2 Å². The third kappa shape index (κ3) is 6.67. The van der Waals surface area contributed by atoms with E-state index in [1.165, 1.54) is 5.56 Å². The first-order valence-corrected chi connectivity index (χ1v) is 9.12. The third-order valence-corrected chi connectivity index (χ3v) is 4.06. The zero-order valence-electron chi connectivity index (χ0n) is 16.1. The Bertz CT molecular complexity index is 809. The lowest BCUT2D eigenvalue weighted by atomic mass is 10.0. The van der Waals surface area contributed by atoms with E-state index >= 15 is 0 Å². The molecule has 0 spiro atoms. The van der Waals surface area contributed by atoms with Gasteiger partial charge in [-0.25, -0.2) is 0 Å². The molecule has 2 aromatic rings. The van der Waals surface area contributed by atoms with Gasteiger partial charge in [0.05, 0.1) is 12.7 Å². The van der Waals surface area contributed by atoms with Crippen molar-refractivity contribution in [3.05, 3.63) is 53.6 Å². The predicted molar refractivity (Wildman–Crippen MR) is 106 cm³/mol. The summed E-state index contributed by atoms with van der Waals surface area (Å²) in [5, 5.41) is 11.3. The quantitative estimate of drug-likeness (QED) is 0.646. The van der Waals surface area contributed by atoms with Gasteiger partial charge >= 0.3 is 0 Å². The summed E-state index contributed by atoms with van der Waals surface area (Å²) in [6.07, 6.45) is 1.14. The lowest BCUT2D eigenvalue weighted by molar-refractivity contribution is -0.118. The maximum absolute atomic E-state index is 12.2. The summed E-state index contributed by atoms with van der Waals surface area (Å²) < 4.78 is 11.3. The number of hydrogen-bond donors (Lipinski definition) is 1. The number of unbranched alkanes of at least 4 members (excludes halogenated alkanes) is 1. The van der Waals surface area contributed by atoms with E-state index in [-0.39, 0.29) is 12.5 Å². The average Bonchev–Trinajstić information content (AvgIpc) is 2.65. The Morgan fingerprint density at radius 3 is 2.74 bits per heavy atom. The molecule has 0 bridgehead atoms. The summed E-state index contributed by atoms with van der Waals surface area (Å²) in [5.74, 6) is 1.56. The highest BCUT2D eigenvalue weighted by molar-refractivity contribution is 5.92. The number of carbonyl (C=O) groups is 1. The van der Waals surface area contributed by atoms with Crippen LogP contribution in [0, 0.1) is 18.3 Å². The van der Waals surface area contributed by atoms with E-state index < -0.39 is 0 Å². The summed E-state index contributed by atoms with van der Waals surface area (Å²) >= 11 is 0. The largest absolute Gasteiger partial charge is 0.493 e. The van der Waals surface area contributed by atoms with Crippen molar-refractivity contribution in [3.8, 4) is 17.6 Å². The molecule has 0 aliphatic heterocycles. The third-order valence-electron chi connectivity index (χ3n) is 4.06. The van der Waals surface area contributed by atoms with E-state index in [0.717, 1.165) is 11.3 Å². The fourth-order valence-electron chi connectivity index (χ4n) is 2.48. The number of amides is 1. The average molecular weight is 366 g/mol. The molecule has 2 aromatic carbocycles. The van der Waals surface area contributed by atoms with Gasteiger partial charge in [-0.05, 0) is 48.6 Å². The summed E-state index contributed by atoms with van der Waals surface area (Å²) in [4.78, 5) is 12.2. The smallest absolute Gasteiger partial charge is 0.262 e. The standard InChI is InChI=1S/C22H26N2O3/c1-16(2)18-10-9-17(3)21(13-18)27-15-22(25)24-19-7-6-8-20(14-19)26-12-5-4-11-23/h6-10,13-14,16H,4-5,12,15H2,1-3H3,(H,24,25). The molecule has 0 fully saturated rings. The molecule has 5 nitrogen and oxygen atoms in total. The number of anilines is 1. The highest BCUT2D eigenvalue weighted by atomic mass is 16.5. The number of rotatable bonds is 9. The molecule has 1 N–H and O–H groups in total. The normalized spacial score (nSPS) is 10.3. The molecule has 0 aromatic heterocycles. The second-order valence-electron chi connectivity index (χ2n) is 6.65. The molecule has 0 atom stereocenters. The number of nitrogens with one attached hydrogen (secondary N) is 1. The van der Waals surface area contributed by atoms with Gasteiger partial charge in [0.25, 0.3) is 5.91 Å². The maximum Gasteiger partial charge on any atom is 0.262 e. The molecular formula is C22H26N2O3. The molecular weight excluding hydrogens is 340 g/mol. The number of carbonyl (C=O) groups excluding carboxylic acids is 1. The summed E-state index contributed by atoms with van der Waals surface area (Å²) in [6.45, 7) is 6.62. The molecule has 0 saturated carbocycles. The van der Waals surface area contributed by atoms with Crippen LogP contribution in [0.15, 0.2) is 42.5 Å². The monoisotopic (exact) mass is 366 g/mol. The Balaban J connectivity index is 1.89. The van der Waals surface area contributed by atoms with Gasteiger partial charge < -0.3 is 14.8 Å². The van der Waals surface area contributed by atoms with Crippen LogP contribution >= 0.6 is 0 Å². The van der Waals surface area contributed by atoms with Crippen LogP contribution in [0.2, 0.25) is 0 Å². The van der Waals surface area contributed by atoms with Crippen molar-refractivity contribution in [2.24, 2.45) is 0 Å². The fraction of sp³-hybridized carbons (Fsp3) is 0.364. The van der Waals surface area contributed by atoms with Gasteiger partial charge in [0.1, 0.15) is 11.5 Å². The minimum atomic E-state index is -0.231. The molecule has 0 unspecified atom stereocenters. The number of nitriles is 1. The minimum absolute atomic E-state index is 0.0599. The van der Waals surface area contributed by atoms with Crippen molar-refractivity contribution in [1.82, 2.24) is 0 Å². The molecule has 0 aliphatic rings. The zero-order chi connectivity index (χ0) is 19.6. The van der Waals surface area contributed by atoms with Crippen molar-refractivity contribution in [2.45, 2.75) is 39.5 Å². The van der Waals surface area contributed by atoms with Crippen molar-refractivity contribution in [2.75, 3.05) is 18.5 Å². The Kier molecular flexibility index (Phi) is 7.69. The highest BCUT2D eigenvalue weighted by Crippen LogP contribution is 2.24. The van der Waals surface area contributed by atoms with Crippen LogP contribution in [0.4, 0.5) is 5.69 Å². The van der Waals surface area contributed by atoms with Crippen LogP contribution in [-0.4, -0.2) is 19.1 Å². The first kappa shape index (κ1) is 20.3. The molecule has 2 rings (SSSR count). The van der Waals surface area contributed by atoms with Crippen molar-refractivity contribution in [1.29, 1.82) is 5.26 Å². The van der Waals surface area contributed by atoms with Crippen LogP contribution in [0.3, 0.4) is 0 Å². The molecule has 0 saturated heterocycles. The lowest BCUT2D eigenvalue weighted by Crippen LogP contribution is -2.20. The fourth-order valence-corrected chi connectivity index (χ4v) is 2.48.